The average molecular weight is 235 g/mol. The molecule has 94 valence electrons. The van der Waals surface area contributed by atoms with Gasteiger partial charge in [-0.3, -0.25) is 4.79 Å². The Morgan fingerprint density at radius 2 is 1.82 bits per heavy atom. The zero-order chi connectivity index (χ0) is 13.2. The standard InChI is InChI=1S/C14H21NO2/c1-9-5-10(2)7-12(6-9)11(3)8-14(4,15)13(16)17/h5-7,11H,8,15H2,1-4H3,(H,16,17). The summed E-state index contributed by atoms with van der Waals surface area (Å²) in [5, 5.41) is 9.02. The summed E-state index contributed by atoms with van der Waals surface area (Å²) in [6, 6.07) is 6.29. The summed E-state index contributed by atoms with van der Waals surface area (Å²) in [6.07, 6.45) is 0.436. The van der Waals surface area contributed by atoms with Gasteiger partial charge in [-0.15, -0.1) is 0 Å². The highest BCUT2D eigenvalue weighted by Crippen LogP contribution is 2.26. The van der Waals surface area contributed by atoms with E-state index in [2.05, 4.69) is 18.2 Å². The Labute approximate surface area is 103 Å². The minimum Gasteiger partial charge on any atom is -0.480 e. The van der Waals surface area contributed by atoms with Gasteiger partial charge in [0.15, 0.2) is 0 Å². The Hall–Kier alpha value is -1.35. The molecule has 0 heterocycles. The number of carbonyl (C=O) groups is 1. The molecule has 0 saturated carbocycles. The molecule has 1 rings (SSSR count). The van der Waals surface area contributed by atoms with E-state index in [4.69, 9.17) is 10.8 Å². The topological polar surface area (TPSA) is 63.3 Å². The van der Waals surface area contributed by atoms with Crippen LogP contribution in [0.25, 0.3) is 0 Å². The smallest absolute Gasteiger partial charge is 0.323 e. The van der Waals surface area contributed by atoms with Crippen molar-refractivity contribution in [3.05, 3.63) is 34.9 Å². The van der Waals surface area contributed by atoms with Crippen molar-refractivity contribution in [2.24, 2.45) is 5.73 Å². The third-order valence-corrected chi connectivity index (χ3v) is 3.03. The summed E-state index contributed by atoms with van der Waals surface area (Å²) in [6.45, 7) is 7.67. The Balaban J connectivity index is 2.90. The predicted molar refractivity (Wildman–Crippen MR) is 69.2 cm³/mol. The number of aryl methyl sites for hydroxylation is 2. The van der Waals surface area contributed by atoms with Crippen LogP contribution < -0.4 is 5.73 Å². The molecule has 3 N–H and O–H groups in total. The van der Waals surface area contributed by atoms with Gasteiger partial charge in [0.1, 0.15) is 5.54 Å². The second kappa shape index (κ2) is 4.88. The number of carboxylic acids is 1. The maximum absolute atomic E-state index is 11.0. The van der Waals surface area contributed by atoms with Crippen LogP contribution in [-0.2, 0) is 4.79 Å². The van der Waals surface area contributed by atoms with Gasteiger partial charge in [0.25, 0.3) is 0 Å². The molecule has 17 heavy (non-hydrogen) atoms. The molecule has 0 aliphatic rings. The molecule has 2 unspecified atom stereocenters. The van der Waals surface area contributed by atoms with E-state index in [0.717, 1.165) is 5.56 Å². The van der Waals surface area contributed by atoms with Crippen LogP contribution in [0.3, 0.4) is 0 Å². The lowest BCUT2D eigenvalue weighted by atomic mass is 9.85. The van der Waals surface area contributed by atoms with Gasteiger partial charge >= 0.3 is 5.97 Å². The van der Waals surface area contributed by atoms with Gasteiger partial charge in [-0.05, 0) is 38.7 Å². The van der Waals surface area contributed by atoms with E-state index in [1.807, 2.05) is 20.8 Å². The predicted octanol–water partition coefficient (Wildman–Crippen LogP) is 2.60. The highest BCUT2D eigenvalue weighted by Gasteiger charge is 2.30. The molecule has 0 amide bonds. The van der Waals surface area contributed by atoms with Crippen molar-refractivity contribution in [2.75, 3.05) is 0 Å². The average Bonchev–Trinajstić information content (AvgIpc) is 2.15. The van der Waals surface area contributed by atoms with E-state index < -0.39 is 11.5 Å². The van der Waals surface area contributed by atoms with Gasteiger partial charge in [-0.1, -0.05) is 36.2 Å². The molecule has 0 saturated heterocycles. The lowest BCUT2D eigenvalue weighted by Crippen LogP contribution is -2.45. The highest BCUT2D eigenvalue weighted by molar-refractivity contribution is 5.77. The highest BCUT2D eigenvalue weighted by atomic mass is 16.4. The van der Waals surface area contributed by atoms with Crippen molar-refractivity contribution < 1.29 is 9.90 Å². The molecule has 0 fully saturated rings. The number of rotatable bonds is 4. The fourth-order valence-corrected chi connectivity index (χ4v) is 2.14. The first-order valence-electron chi connectivity index (χ1n) is 5.83. The van der Waals surface area contributed by atoms with Crippen LogP contribution in [0, 0.1) is 13.8 Å². The minimum absolute atomic E-state index is 0.139. The lowest BCUT2D eigenvalue weighted by Gasteiger charge is -2.24. The van der Waals surface area contributed by atoms with Gasteiger partial charge < -0.3 is 10.8 Å². The number of benzene rings is 1. The van der Waals surface area contributed by atoms with E-state index in [1.165, 1.54) is 11.1 Å². The molecule has 0 aromatic heterocycles. The number of nitrogens with two attached hydrogens (primary N) is 1. The largest absolute Gasteiger partial charge is 0.480 e. The summed E-state index contributed by atoms with van der Waals surface area (Å²) in [5.41, 5.74) is 8.15. The van der Waals surface area contributed by atoms with Gasteiger partial charge in [0, 0.05) is 0 Å². The summed E-state index contributed by atoms with van der Waals surface area (Å²) in [4.78, 5) is 11.0. The molecular weight excluding hydrogens is 214 g/mol. The molecule has 0 spiro atoms. The Kier molecular flexibility index (Phi) is 3.94. The van der Waals surface area contributed by atoms with E-state index in [9.17, 15) is 4.79 Å². The lowest BCUT2D eigenvalue weighted by molar-refractivity contribution is -0.143. The van der Waals surface area contributed by atoms with E-state index in [1.54, 1.807) is 6.92 Å². The van der Waals surface area contributed by atoms with Crippen molar-refractivity contribution in [2.45, 2.75) is 45.6 Å². The van der Waals surface area contributed by atoms with Gasteiger partial charge in [-0.2, -0.15) is 0 Å². The molecule has 3 heteroatoms. The van der Waals surface area contributed by atoms with E-state index in [0.29, 0.717) is 6.42 Å². The third-order valence-electron chi connectivity index (χ3n) is 3.03. The van der Waals surface area contributed by atoms with E-state index in [-0.39, 0.29) is 5.92 Å². The fraction of sp³-hybridized carbons (Fsp3) is 0.500. The Morgan fingerprint density at radius 3 is 2.24 bits per heavy atom. The minimum atomic E-state index is -1.17. The first-order chi connectivity index (χ1) is 7.72. The molecule has 1 aromatic rings. The molecule has 0 radical (unpaired) electrons. The molecule has 3 nitrogen and oxygen atoms in total. The second-order valence-corrected chi connectivity index (χ2v) is 5.25. The Bertz CT molecular complexity index is 404. The number of hydrogen-bond acceptors (Lipinski definition) is 2. The van der Waals surface area contributed by atoms with Crippen molar-refractivity contribution in [3.63, 3.8) is 0 Å². The SMILES string of the molecule is Cc1cc(C)cc(C(C)CC(C)(N)C(=O)O)c1. The molecule has 0 aliphatic heterocycles. The molecule has 0 aliphatic carbocycles. The maximum Gasteiger partial charge on any atom is 0.323 e. The van der Waals surface area contributed by atoms with Crippen LogP contribution in [-0.4, -0.2) is 16.6 Å². The monoisotopic (exact) mass is 235 g/mol. The summed E-state index contributed by atoms with van der Waals surface area (Å²) in [7, 11) is 0. The van der Waals surface area contributed by atoms with Crippen LogP contribution in [0.2, 0.25) is 0 Å². The van der Waals surface area contributed by atoms with Crippen LogP contribution >= 0.6 is 0 Å². The number of carboxylic acid groups (broad SMARTS) is 1. The molecule has 0 bridgehead atoms. The number of hydrogen-bond donors (Lipinski definition) is 2. The first-order valence-corrected chi connectivity index (χ1v) is 5.83. The summed E-state index contributed by atoms with van der Waals surface area (Å²) in [5.74, 6) is -0.812. The second-order valence-electron chi connectivity index (χ2n) is 5.25. The fourth-order valence-electron chi connectivity index (χ4n) is 2.14. The van der Waals surface area contributed by atoms with Crippen LogP contribution in [0.15, 0.2) is 18.2 Å². The summed E-state index contributed by atoms with van der Waals surface area (Å²) < 4.78 is 0. The van der Waals surface area contributed by atoms with Gasteiger partial charge in [0.2, 0.25) is 0 Å². The maximum atomic E-state index is 11.0. The van der Waals surface area contributed by atoms with Crippen molar-refractivity contribution in [3.8, 4) is 0 Å². The normalized spacial score (nSPS) is 16.3. The van der Waals surface area contributed by atoms with Crippen LogP contribution in [0.4, 0.5) is 0 Å². The number of aliphatic carboxylic acids is 1. The van der Waals surface area contributed by atoms with Crippen LogP contribution in [0.1, 0.15) is 42.9 Å². The van der Waals surface area contributed by atoms with Crippen molar-refractivity contribution in [1.29, 1.82) is 0 Å². The zero-order valence-corrected chi connectivity index (χ0v) is 10.9. The van der Waals surface area contributed by atoms with Gasteiger partial charge in [0.05, 0.1) is 0 Å². The molecular formula is C14H21NO2. The first kappa shape index (κ1) is 13.7. The van der Waals surface area contributed by atoms with Crippen molar-refractivity contribution >= 4 is 5.97 Å². The van der Waals surface area contributed by atoms with Crippen LogP contribution in [0.5, 0.6) is 0 Å². The molecule has 2 atom stereocenters. The zero-order valence-electron chi connectivity index (χ0n) is 10.9. The Morgan fingerprint density at radius 1 is 1.35 bits per heavy atom. The third kappa shape index (κ3) is 3.56. The van der Waals surface area contributed by atoms with Crippen molar-refractivity contribution in [1.82, 2.24) is 0 Å². The molecule has 1 aromatic carbocycles. The summed E-state index contributed by atoms with van der Waals surface area (Å²) >= 11 is 0. The van der Waals surface area contributed by atoms with E-state index >= 15 is 0 Å². The van der Waals surface area contributed by atoms with Gasteiger partial charge in [-0.25, -0.2) is 0 Å². The quantitative estimate of drug-likeness (QED) is 0.843.